The average Bonchev–Trinajstić information content (AvgIpc) is 2.91. The van der Waals surface area contributed by atoms with Crippen LogP contribution < -0.4 is 4.80 Å². The molecule has 6 heteroatoms. The van der Waals surface area contributed by atoms with Crippen LogP contribution in [0.1, 0.15) is 21.5 Å². The van der Waals surface area contributed by atoms with Crippen molar-refractivity contribution in [3.63, 3.8) is 0 Å². The first kappa shape index (κ1) is 17.1. The van der Waals surface area contributed by atoms with Crippen molar-refractivity contribution in [3.8, 4) is 0 Å². The molecule has 0 bridgehead atoms. The second-order valence-electron chi connectivity index (χ2n) is 5.80. The molecular weight excluding hydrogens is 336 g/mol. The van der Waals surface area contributed by atoms with Gasteiger partial charge in [-0.3, -0.25) is 9.59 Å². The molecule has 0 saturated carbocycles. The predicted molar refractivity (Wildman–Crippen MR) is 97.6 cm³/mol. The van der Waals surface area contributed by atoms with E-state index in [2.05, 4.69) is 4.99 Å². The second kappa shape index (κ2) is 7.03. The lowest BCUT2D eigenvalue weighted by Crippen LogP contribution is -2.22. The van der Waals surface area contributed by atoms with E-state index in [0.717, 1.165) is 21.3 Å². The van der Waals surface area contributed by atoms with E-state index in [9.17, 15) is 9.59 Å². The van der Waals surface area contributed by atoms with Gasteiger partial charge in [0.05, 0.1) is 17.3 Å². The number of aryl methyl sites for hydroxylation is 2. The highest BCUT2D eigenvalue weighted by atomic mass is 32.1. The maximum Gasteiger partial charge on any atom is 0.325 e. The molecule has 0 fully saturated rings. The number of fused-ring (bicyclic) bond motifs is 1. The zero-order valence-electron chi connectivity index (χ0n) is 14.3. The van der Waals surface area contributed by atoms with Crippen LogP contribution in [-0.2, 0) is 16.1 Å². The van der Waals surface area contributed by atoms with Gasteiger partial charge in [0, 0.05) is 5.56 Å². The third-order valence-electron chi connectivity index (χ3n) is 3.85. The number of benzene rings is 2. The number of carbonyl (C=O) groups is 2. The molecule has 0 unspecified atom stereocenters. The third kappa shape index (κ3) is 3.69. The highest BCUT2D eigenvalue weighted by molar-refractivity contribution is 7.16. The lowest BCUT2D eigenvalue weighted by molar-refractivity contribution is -0.141. The average molecular weight is 354 g/mol. The molecule has 0 aliphatic rings. The number of esters is 1. The van der Waals surface area contributed by atoms with Gasteiger partial charge >= 0.3 is 5.97 Å². The number of carbonyl (C=O) groups excluding carboxylic acids is 2. The Bertz CT molecular complexity index is 1010. The molecular formula is C19H18N2O3S. The van der Waals surface area contributed by atoms with E-state index in [0.29, 0.717) is 10.4 Å². The summed E-state index contributed by atoms with van der Waals surface area (Å²) < 4.78 is 7.46. The van der Waals surface area contributed by atoms with Crippen LogP contribution in [0.3, 0.4) is 0 Å². The molecule has 1 amide bonds. The molecule has 0 aliphatic carbocycles. The summed E-state index contributed by atoms with van der Waals surface area (Å²) in [6.45, 7) is 3.97. The summed E-state index contributed by atoms with van der Waals surface area (Å²) in [7, 11) is 1.34. The van der Waals surface area contributed by atoms with Crippen molar-refractivity contribution in [2.75, 3.05) is 7.11 Å². The van der Waals surface area contributed by atoms with E-state index in [1.54, 1.807) is 16.7 Å². The summed E-state index contributed by atoms with van der Waals surface area (Å²) in [6, 6.07) is 13.2. The number of amides is 1. The number of methoxy groups -OCH3 is 1. The molecule has 1 aromatic heterocycles. The fourth-order valence-corrected chi connectivity index (χ4v) is 3.59. The Kier molecular flexibility index (Phi) is 4.81. The lowest BCUT2D eigenvalue weighted by Gasteiger charge is -2.04. The first-order chi connectivity index (χ1) is 12.0. The summed E-state index contributed by atoms with van der Waals surface area (Å²) in [5.41, 5.74) is 3.56. The topological polar surface area (TPSA) is 60.7 Å². The van der Waals surface area contributed by atoms with Crippen molar-refractivity contribution < 1.29 is 14.3 Å². The van der Waals surface area contributed by atoms with Crippen molar-refractivity contribution in [1.82, 2.24) is 4.57 Å². The van der Waals surface area contributed by atoms with Crippen LogP contribution in [0.2, 0.25) is 0 Å². The molecule has 25 heavy (non-hydrogen) atoms. The molecule has 0 atom stereocenters. The second-order valence-corrected chi connectivity index (χ2v) is 6.81. The van der Waals surface area contributed by atoms with Crippen LogP contribution in [-0.4, -0.2) is 23.6 Å². The van der Waals surface area contributed by atoms with Crippen LogP contribution in [0.25, 0.3) is 10.2 Å². The Morgan fingerprint density at radius 1 is 1.08 bits per heavy atom. The summed E-state index contributed by atoms with van der Waals surface area (Å²) in [6.07, 6.45) is 0. The molecule has 5 nitrogen and oxygen atoms in total. The van der Waals surface area contributed by atoms with E-state index >= 15 is 0 Å². The zero-order valence-corrected chi connectivity index (χ0v) is 15.1. The maximum absolute atomic E-state index is 12.5. The SMILES string of the molecule is COC(=O)Cn1c(=NC(=O)c2ccc(C)cc2)sc2cc(C)ccc21. The predicted octanol–water partition coefficient (Wildman–Crippen LogP) is 3.23. The van der Waals surface area contributed by atoms with Crippen molar-refractivity contribution in [1.29, 1.82) is 0 Å². The Morgan fingerprint density at radius 2 is 1.76 bits per heavy atom. The molecule has 0 aliphatic heterocycles. The summed E-state index contributed by atoms with van der Waals surface area (Å²) in [5.74, 6) is -0.716. The fourth-order valence-electron chi connectivity index (χ4n) is 2.46. The van der Waals surface area contributed by atoms with Gasteiger partial charge in [0.15, 0.2) is 4.80 Å². The van der Waals surface area contributed by atoms with E-state index in [1.165, 1.54) is 18.4 Å². The van der Waals surface area contributed by atoms with Gasteiger partial charge in [-0.1, -0.05) is 35.1 Å². The molecule has 3 rings (SSSR count). The number of ether oxygens (including phenoxy) is 1. The molecule has 3 aromatic rings. The Labute approximate surface area is 149 Å². The van der Waals surface area contributed by atoms with Crippen LogP contribution in [0.5, 0.6) is 0 Å². The van der Waals surface area contributed by atoms with Crippen molar-refractivity contribution in [3.05, 3.63) is 64.0 Å². The zero-order chi connectivity index (χ0) is 18.0. The minimum atomic E-state index is -0.385. The standard InChI is InChI=1S/C19H18N2O3S/c1-12-4-7-14(8-5-12)18(23)20-19-21(11-17(22)24-3)15-9-6-13(2)10-16(15)25-19/h4-10H,11H2,1-3H3. The molecule has 0 radical (unpaired) electrons. The summed E-state index contributed by atoms with van der Waals surface area (Å²) in [5, 5.41) is 0. The van der Waals surface area contributed by atoms with Crippen LogP contribution in [0.4, 0.5) is 0 Å². The van der Waals surface area contributed by atoms with Gasteiger partial charge in [-0.25, -0.2) is 0 Å². The highest BCUT2D eigenvalue weighted by Crippen LogP contribution is 2.19. The number of hydrogen-bond acceptors (Lipinski definition) is 4. The Morgan fingerprint density at radius 3 is 2.44 bits per heavy atom. The molecule has 1 heterocycles. The number of thiazole rings is 1. The number of aromatic nitrogens is 1. The summed E-state index contributed by atoms with van der Waals surface area (Å²) >= 11 is 1.38. The van der Waals surface area contributed by atoms with Gasteiger partial charge < -0.3 is 9.30 Å². The first-order valence-corrected chi connectivity index (χ1v) is 8.62. The Balaban J connectivity index is 2.13. The normalized spacial score (nSPS) is 11.7. The van der Waals surface area contributed by atoms with Gasteiger partial charge in [-0.2, -0.15) is 4.99 Å². The van der Waals surface area contributed by atoms with Gasteiger partial charge in [0.1, 0.15) is 6.54 Å². The molecule has 2 aromatic carbocycles. The molecule has 0 spiro atoms. The van der Waals surface area contributed by atoms with Gasteiger partial charge in [-0.05, 0) is 43.7 Å². The van der Waals surface area contributed by atoms with E-state index < -0.39 is 0 Å². The van der Waals surface area contributed by atoms with Gasteiger partial charge in [0.2, 0.25) is 0 Å². The maximum atomic E-state index is 12.5. The molecule has 0 saturated heterocycles. The monoisotopic (exact) mass is 354 g/mol. The van der Waals surface area contributed by atoms with E-state index in [1.807, 2.05) is 44.2 Å². The van der Waals surface area contributed by atoms with Gasteiger partial charge in [-0.15, -0.1) is 0 Å². The van der Waals surface area contributed by atoms with Crippen molar-refractivity contribution in [2.45, 2.75) is 20.4 Å². The van der Waals surface area contributed by atoms with Crippen molar-refractivity contribution >= 4 is 33.4 Å². The summed E-state index contributed by atoms with van der Waals surface area (Å²) in [4.78, 5) is 29.0. The lowest BCUT2D eigenvalue weighted by atomic mass is 10.1. The van der Waals surface area contributed by atoms with Crippen molar-refractivity contribution in [2.24, 2.45) is 4.99 Å². The minimum absolute atomic E-state index is 0.0135. The van der Waals surface area contributed by atoms with Crippen LogP contribution in [0, 0.1) is 13.8 Å². The van der Waals surface area contributed by atoms with E-state index in [4.69, 9.17) is 4.74 Å². The number of hydrogen-bond donors (Lipinski definition) is 0. The van der Waals surface area contributed by atoms with Crippen LogP contribution >= 0.6 is 11.3 Å². The van der Waals surface area contributed by atoms with Crippen LogP contribution in [0.15, 0.2) is 47.5 Å². The fraction of sp³-hybridized carbons (Fsp3) is 0.211. The largest absolute Gasteiger partial charge is 0.468 e. The highest BCUT2D eigenvalue weighted by Gasteiger charge is 2.12. The van der Waals surface area contributed by atoms with Gasteiger partial charge in [0.25, 0.3) is 5.91 Å². The minimum Gasteiger partial charge on any atom is -0.468 e. The first-order valence-electron chi connectivity index (χ1n) is 7.80. The Hall–Kier alpha value is -2.73. The number of nitrogens with zero attached hydrogens (tertiary/aromatic N) is 2. The van der Waals surface area contributed by atoms with E-state index in [-0.39, 0.29) is 18.4 Å². The molecule has 0 N–H and O–H groups in total. The third-order valence-corrected chi connectivity index (χ3v) is 4.89. The smallest absolute Gasteiger partial charge is 0.325 e. The molecule has 128 valence electrons. The quantitative estimate of drug-likeness (QED) is 0.679. The number of rotatable bonds is 3.